The number of aromatic nitrogens is 3. The molecule has 0 bridgehead atoms. The number of fused-ring (bicyclic) bond motifs is 1. The Bertz CT molecular complexity index is 1790. The average Bonchev–Trinajstić information content (AvgIpc) is 3.37. The summed E-state index contributed by atoms with van der Waals surface area (Å²) >= 11 is 12.7. The Labute approximate surface area is 270 Å². The summed E-state index contributed by atoms with van der Waals surface area (Å²) in [5.41, 5.74) is -3.92. The molecule has 2 amide bonds. The number of amides is 2. The predicted octanol–water partition coefficient (Wildman–Crippen LogP) is 8.13. The van der Waals surface area contributed by atoms with E-state index in [2.05, 4.69) is 30.9 Å². The number of nitrogens with one attached hydrogen (secondary N) is 4. The van der Waals surface area contributed by atoms with Crippen LogP contribution in [0.5, 0.6) is 5.88 Å². The van der Waals surface area contributed by atoms with E-state index in [1.54, 1.807) is 0 Å². The van der Waals surface area contributed by atoms with Gasteiger partial charge in [0.05, 0.1) is 26.8 Å². The van der Waals surface area contributed by atoms with Gasteiger partial charge in [-0.25, -0.2) is 8.78 Å². The lowest BCUT2D eigenvalue weighted by Crippen LogP contribution is -2.46. The number of hydrogen-bond donors (Lipinski definition) is 4. The van der Waals surface area contributed by atoms with Crippen LogP contribution < -0.4 is 20.7 Å². The second kappa shape index (κ2) is 13.4. The van der Waals surface area contributed by atoms with Gasteiger partial charge in [0.2, 0.25) is 17.7 Å². The number of alkyl halides is 8. The molecule has 2 heterocycles. The molecule has 2 aromatic carbocycles. The van der Waals surface area contributed by atoms with Gasteiger partial charge in [0.25, 0.3) is 12.3 Å². The first-order chi connectivity index (χ1) is 21.8. The van der Waals surface area contributed by atoms with E-state index in [1.165, 1.54) is 12.1 Å². The molecule has 252 valence electrons. The highest BCUT2D eigenvalue weighted by Crippen LogP contribution is 2.39. The first-order valence-electron chi connectivity index (χ1n) is 13.2. The number of carbonyl (C=O) groups excluding carboxylic acids is 2. The molecule has 4 rings (SSSR count). The second-order valence-electron chi connectivity index (χ2n) is 10.4. The Kier molecular flexibility index (Phi) is 10.1. The molecule has 0 saturated carbocycles. The average molecular weight is 713 g/mol. The quantitative estimate of drug-likeness (QED) is 0.123. The number of pyridine rings is 1. The molecular weight excluding hydrogens is 691 g/mol. The van der Waals surface area contributed by atoms with Crippen LogP contribution >= 0.6 is 23.2 Å². The minimum atomic E-state index is -4.81. The van der Waals surface area contributed by atoms with E-state index in [4.69, 9.17) is 27.9 Å². The monoisotopic (exact) mass is 712 g/mol. The van der Waals surface area contributed by atoms with Crippen LogP contribution in [0.1, 0.15) is 35.3 Å². The molecule has 0 radical (unpaired) electrons. The van der Waals surface area contributed by atoms with Gasteiger partial charge in [-0.3, -0.25) is 9.59 Å². The lowest BCUT2D eigenvalue weighted by Gasteiger charge is -2.26. The van der Waals surface area contributed by atoms with E-state index in [-0.39, 0.29) is 49.7 Å². The van der Waals surface area contributed by atoms with Gasteiger partial charge in [-0.2, -0.15) is 36.3 Å². The van der Waals surface area contributed by atoms with Gasteiger partial charge in [0.15, 0.2) is 12.3 Å². The minimum absolute atomic E-state index is 0.0173. The summed E-state index contributed by atoms with van der Waals surface area (Å²) in [6, 6.07) is 7.35. The van der Waals surface area contributed by atoms with E-state index < -0.39 is 60.6 Å². The summed E-state index contributed by atoms with van der Waals surface area (Å²) in [5, 5.41) is 7.25. The van der Waals surface area contributed by atoms with E-state index in [0.717, 1.165) is 44.2 Å². The smallest absolute Gasteiger partial charge is 0.416 e. The largest absolute Gasteiger partial charge is 0.471 e. The fourth-order valence-corrected chi connectivity index (χ4v) is 4.36. The Morgan fingerprint density at radius 1 is 0.979 bits per heavy atom. The van der Waals surface area contributed by atoms with E-state index >= 15 is 0 Å². The fraction of sp³-hybridized carbons (Fsp3) is 0.286. The molecule has 0 unspecified atom stereocenters. The van der Waals surface area contributed by atoms with Crippen LogP contribution in [0.4, 0.5) is 52.4 Å². The van der Waals surface area contributed by atoms with Gasteiger partial charge in [0, 0.05) is 12.2 Å². The summed E-state index contributed by atoms with van der Waals surface area (Å²) in [4.78, 5) is 36.2. The van der Waals surface area contributed by atoms with Gasteiger partial charge in [-0.15, -0.1) is 0 Å². The minimum Gasteiger partial charge on any atom is -0.471 e. The van der Waals surface area contributed by atoms with Crippen molar-refractivity contribution in [2.24, 2.45) is 5.41 Å². The van der Waals surface area contributed by atoms with Gasteiger partial charge in [0.1, 0.15) is 11.0 Å². The summed E-state index contributed by atoms with van der Waals surface area (Å²) in [6.07, 6.45) is -12.4. The van der Waals surface area contributed by atoms with Crippen LogP contribution in [0.25, 0.3) is 11.2 Å². The maximum absolute atomic E-state index is 13.2. The molecule has 0 atom stereocenters. The SMILES string of the molecule is CC(C)(C(=O)NCc1ccc(Cl)c(Nc2nc3nc(OCC(F)F)c(C(=O)Nc4ccc(C(F)(F)F)cc4)cc3[nH]2)c1Cl)C(F)(F)F. The van der Waals surface area contributed by atoms with Crippen LogP contribution in [0.3, 0.4) is 0 Å². The van der Waals surface area contributed by atoms with Crippen LogP contribution in [0.2, 0.25) is 10.0 Å². The van der Waals surface area contributed by atoms with Gasteiger partial charge in [-0.1, -0.05) is 29.3 Å². The van der Waals surface area contributed by atoms with E-state index in [0.29, 0.717) is 0 Å². The zero-order valence-corrected chi connectivity index (χ0v) is 25.4. The summed E-state index contributed by atoms with van der Waals surface area (Å²) < 4.78 is 109. The molecule has 47 heavy (non-hydrogen) atoms. The molecule has 9 nitrogen and oxygen atoms in total. The Balaban J connectivity index is 1.60. The second-order valence-corrected chi connectivity index (χ2v) is 11.1. The maximum atomic E-state index is 13.2. The first kappa shape index (κ1) is 35.5. The molecule has 0 saturated heterocycles. The number of imidazole rings is 1. The molecule has 0 fully saturated rings. The normalized spacial score (nSPS) is 12.4. The third-order valence-electron chi connectivity index (χ3n) is 6.63. The Morgan fingerprint density at radius 2 is 1.64 bits per heavy atom. The number of halogens is 10. The number of aromatic amines is 1. The van der Waals surface area contributed by atoms with Crippen molar-refractivity contribution in [2.75, 3.05) is 17.2 Å². The van der Waals surface area contributed by atoms with Crippen LogP contribution in [-0.2, 0) is 17.5 Å². The van der Waals surface area contributed by atoms with Crippen molar-refractivity contribution < 1.29 is 49.4 Å². The third-order valence-corrected chi connectivity index (χ3v) is 7.38. The molecule has 4 aromatic rings. The number of carbonyl (C=O) groups is 2. The first-order valence-corrected chi connectivity index (χ1v) is 13.9. The van der Waals surface area contributed by atoms with Crippen molar-refractivity contribution in [1.29, 1.82) is 0 Å². The molecule has 0 aliphatic rings. The summed E-state index contributed by atoms with van der Waals surface area (Å²) in [5.74, 6) is -2.90. The van der Waals surface area contributed by atoms with Crippen molar-refractivity contribution in [2.45, 2.75) is 39.2 Å². The van der Waals surface area contributed by atoms with Gasteiger partial charge in [-0.05, 0) is 55.8 Å². The van der Waals surface area contributed by atoms with Crippen molar-refractivity contribution in [3.8, 4) is 5.88 Å². The zero-order valence-electron chi connectivity index (χ0n) is 23.9. The molecule has 2 aromatic heterocycles. The van der Waals surface area contributed by atoms with Crippen molar-refractivity contribution >= 4 is 63.5 Å². The van der Waals surface area contributed by atoms with E-state index in [9.17, 15) is 44.7 Å². The highest BCUT2D eigenvalue weighted by Gasteiger charge is 2.52. The van der Waals surface area contributed by atoms with Crippen LogP contribution in [0, 0.1) is 5.41 Å². The highest BCUT2D eigenvalue weighted by atomic mass is 35.5. The molecule has 0 aliphatic carbocycles. The number of anilines is 3. The van der Waals surface area contributed by atoms with Gasteiger partial charge >= 0.3 is 12.4 Å². The lowest BCUT2D eigenvalue weighted by molar-refractivity contribution is -0.211. The molecular formula is C28H22Cl2F8N6O3. The predicted molar refractivity (Wildman–Crippen MR) is 156 cm³/mol. The van der Waals surface area contributed by atoms with Crippen molar-refractivity contribution in [3.05, 3.63) is 69.2 Å². The summed E-state index contributed by atoms with van der Waals surface area (Å²) in [7, 11) is 0. The number of ether oxygens (including phenoxy) is 1. The molecule has 19 heteroatoms. The number of rotatable bonds is 10. The molecule has 0 aliphatic heterocycles. The summed E-state index contributed by atoms with van der Waals surface area (Å²) in [6.45, 7) is -0.0967. The van der Waals surface area contributed by atoms with Crippen LogP contribution in [0.15, 0.2) is 42.5 Å². The number of H-pyrrole nitrogens is 1. The third kappa shape index (κ3) is 8.13. The topological polar surface area (TPSA) is 121 Å². The number of nitrogens with zero attached hydrogens (tertiary/aromatic N) is 2. The Morgan fingerprint density at radius 3 is 2.23 bits per heavy atom. The van der Waals surface area contributed by atoms with Crippen molar-refractivity contribution in [3.63, 3.8) is 0 Å². The number of benzene rings is 2. The van der Waals surface area contributed by atoms with Gasteiger partial charge < -0.3 is 25.7 Å². The molecule has 0 spiro atoms. The van der Waals surface area contributed by atoms with Crippen LogP contribution in [-0.4, -0.2) is 46.0 Å². The zero-order chi connectivity index (χ0) is 34.9. The highest BCUT2D eigenvalue weighted by molar-refractivity contribution is 6.39. The van der Waals surface area contributed by atoms with E-state index in [1.807, 2.05) is 0 Å². The fourth-order valence-electron chi connectivity index (χ4n) is 3.83. The maximum Gasteiger partial charge on any atom is 0.416 e. The lowest BCUT2D eigenvalue weighted by atomic mass is 9.91. The standard InChI is InChI=1S/C28H22Cl2F8N6O3/c1-26(2,28(36,37)38)24(46)39-10-12-3-8-16(29)20(19(12)30)42-25-41-17-9-15(23(43-21(17)44-25)47-11-18(31)32)22(45)40-14-6-4-13(5-7-14)27(33,34)35/h3-9,18H,10-11H2,1-2H3,(H,39,46)(H,40,45)(H2,41,42,43,44). The number of hydrogen-bond acceptors (Lipinski definition) is 6. The molecule has 4 N–H and O–H groups in total. The Hall–Kier alpha value is -4.38. The van der Waals surface area contributed by atoms with Crippen molar-refractivity contribution in [1.82, 2.24) is 20.3 Å².